The second-order valence-corrected chi connectivity index (χ2v) is 4.68. The molecule has 1 aliphatic carbocycles. The maximum absolute atomic E-state index is 11.3. The molecular weight excluding hydrogens is 232 g/mol. The summed E-state index contributed by atoms with van der Waals surface area (Å²) in [5.41, 5.74) is 7.31. The molecule has 18 heavy (non-hydrogen) atoms. The van der Waals surface area contributed by atoms with E-state index in [1.165, 1.54) is 19.2 Å². The molecule has 3 rings (SSSR count). The molecule has 2 aromatic rings. The summed E-state index contributed by atoms with van der Waals surface area (Å²) >= 11 is 0. The van der Waals surface area contributed by atoms with Crippen molar-refractivity contribution in [3.63, 3.8) is 0 Å². The van der Waals surface area contributed by atoms with Crippen molar-refractivity contribution >= 4 is 17.3 Å². The van der Waals surface area contributed by atoms with Gasteiger partial charge < -0.3 is 10.8 Å². The van der Waals surface area contributed by atoms with Gasteiger partial charge in [0.25, 0.3) is 0 Å². The fraction of sp³-hybridized carbons (Fsp3) is 0.417. The number of aromatic nitrogens is 3. The molecule has 2 aromatic heterocycles. The van der Waals surface area contributed by atoms with Crippen LogP contribution in [0.15, 0.2) is 12.4 Å². The highest BCUT2D eigenvalue weighted by Crippen LogP contribution is 2.36. The molecule has 1 saturated carbocycles. The van der Waals surface area contributed by atoms with Crippen LogP contribution in [0.4, 0.5) is 5.82 Å². The summed E-state index contributed by atoms with van der Waals surface area (Å²) in [6, 6.07) is 1.69. The third-order valence-electron chi connectivity index (χ3n) is 3.61. The van der Waals surface area contributed by atoms with Crippen LogP contribution in [0, 0.1) is 0 Å². The van der Waals surface area contributed by atoms with Gasteiger partial charge in [-0.3, -0.25) is 0 Å². The third-order valence-corrected chi connectivity index (χ3v) is 3.61. The summed E-state index contributed by atoms with van der Waals surface area (Å²) in [4.78, 5) is 15.1. The molecule has 0 amide bonds. The Morgan fingerprint density at radius 3 is 2.83 bits per heavy atom. The number of aromatic carboxylic acids is 1. The standard InChI is InChI=1S/C12H14N4O2/c13-11-10-8(12(17)18)5-9(7-3-1-2-4-7)16(10)15-6-14-11/h5-7H,1-4H2,(H,17,18)(H2,13,14,15). The Bertz CT molecular complexity index is 614. The normalized spacial score (nSPS) is 16.4. The lowest BCUT2D eigenvalue weighted by Crippen LogP contribution is -2.05. The van der Waals surface area contributed by atoms with Gasteiger partial charge in [-0.05, 0) is 18.9 Å². The maximum atomic E-state index is 11.3. The van der Waals surface area contributed by atoms with Gasteiger partial charge in [0.1, 0.15) is 11.8 Å². The summed E-state index contributed by atoms with van der Waals surface area (Å²) in [6.45, 7) is 0. The molecule has 1 fully saturated rings. The molecule has 6 nitrogen and oxygen atoms in total. The Labute approximate surface area is 103 Å². The first-order chi connectivity index (χ1) is 8.68. The molecule has 0 atom stereocenters. The van der Waals surface area contributed by atoms with E-state index < -0.39 is 5.97 Å². The largest absolute Gasteiger partial charge is 0.478 e. The minimum absolute atomic E-state index is 0.190. The van der Waals surface area contributed by atoms with Crippen molar-refractivity contribution in [3.8, 4) is 0 Å². The summed E-state index contributed by atoms with van der Waals surface area (Å²) in [7, 11) is 0. The molecular formula is C12H14N4O2. The Kier molecular flexibility index (Phi) is 2.43. The number of carboxylic acid groups (broad SMARTS) is 1. The Balaban J connectivity index is 2.26. The first-order valence-electron chi connectivity index (χ1n) is 6.04. The number of nitrogens with two attached hydrogens (primary N) is 1. The number of anilines is 1. The molecule has 0 saturated heterocycles. The second-order valence-electron chi connectivity index (χ2n) is 4.68. The monoisotopic (exact) mass is 246 g/mol. The molecule has 1 aliphatic rings. The quantitative estimate of drug-likeness (QED) is 0.840. The molecule has 0 unspecified atom stereocenters. The first kappa shape index (κ1) is 11.0. The van der Waals surface area contributed by atoms with Crippen molar-refractivity contribution < 1.29 is 9.90 Å². The zero-order valence-corrected chi connectivity index (χ0v) is 9.83. The van der Waals surface area contributed by atoms with Gasteiger partial charge in [0.15, 0.2) is 5.82 Å². The Morgan fingerprint density at radius 2 is 2.17 bits per heavy atom. The lowest BCUT2D eigenvalue weighted by Gasteiger charge is -2.08. The van der Waals surface area contributed by atoms with Crippen molar-refractivity contribution in [1.82, 2.24) is 14.6 Å². The lowest BCUT2D eigenvalue weighted by molar-refractivity contribution is 0.0699. The number of hydrogen-bond acceptors (Lipinski definition) is 4. The molecule has 0 radical (unpaired) electrons. The summed E-state index contributed by atoms with van der Waals surface area (Å²) < 4.78 is 1.64. The number of rotatable bonds is 2. The number of carboxylic acids is 1. The number of hydrogen-bond donors (Lipinski definition) is 2. The molecule has 0 aromatic carbocycles. The minimum Gasteiger partial charge on any atom is -0.478 e. The van der Waals surface area contributed by atoms with E-state index in [2.05, 4.69) is 10.1 Å². The van der Waals surface area contributed by atoms with Crippen molar-refractivity contribution in [2.24, 2.45) is 0 Å². The van der Waals surface area contributed by atoms with Gasteiger partial charge in [-0.2, -0.15) is 5.10 Å². The van der Waals surface area contributed by atoms with Crippen LogP contribution in [0.1, 0.15) is 47.7 Å². The van der Waals surface area contributed by atoms with Crippen molar-refractivity contribution in [1.29, 1.82) is 0 Å². The van der Waals surface area contributed by atoms with E-state index in [9.17, 15) is 9.90 Å². The molecule has 6 heteroatoms. The SMILES string of the molecule is Nc1ncnn2c(C3CCCC3)cc(C(=O)O)c12. The van der Waals surface area contributed by atoms with Gasteiger partial charge >= 0.3 is 5.97 Å². The van der Waals surface area contributed by atoms with E-state index in [0.29, 0.717) is 11.4 Å². The zero-order chi connectivity index (χ0) is 12.7. The van der Waals surface area contributed by atoms with E-state index in [4.69, 9.17) is 5.73 Å². The van der Waals surface area contributed by atoms with Crippen molar-refractivity contribution in [3.05, 3.63) is 23.7 Å². The third kappa shape index (κ3) is 1.53. The highest BCUT2D eigenvalue weighted by molar-refractivity contribution is 5.99. The zero-order valence-electron chi connectivity index (χ0n) is 9.83. The molecule has 2 heterocycles. The predicted molar refractivity (Wildman–Crippen MR) is 65.6 cm³/mol. The van der Waals surface area contributed by atoms with Crippen LogP contribution in [0.25, 0.3) is 5.52 Å². The summed E-state index contributed by atoms with van der Waals surface area (Å²) in [5.74, 6) is -0.398. The summed E-state index contributed by atoms with van der Waals surface area (Å²) in [5, 5.41) is 13.4. The Morgan fingerprint density at radius 1 is 1.44 bits per heavy atom. The minimum atomic E-state index is -0.988. The smallest absolute Gasteiger partial charge is 0.338 e. The fourth-order valence-corrected chi connectivity index (χ4v) is 2.77. The van der Waals surface area contributed by atoms with Gasteiger partial charge in [0.2, 0.25) is 0 Å². The van der Waals surface area contributed by atoms with Crippen LogP contribution >= 0.6 is 0 Å². The Hall–Kier alpha value is -2.11. The number of fused-ring (bicyclic) bond motifs is 1. The second kappa shape index (κ2) is 3.97. The molecule has 3 N–H and O–H groups in total. The average Bonchev–Trinajstić information content (AvgIpc) is 2.95. The number of nitrogen functional groups attached to an aromatic ring is 1. The van der Waals surface area contributed by atoms with Gasteiger partial charge in [-0.1, -0.05) is 12.8 Å². The highest BCUT2D eigenvalue weighted by atomic mass is 16.4. The van der Waals surface area contributed by atoms with E-state index in [1.807, 2.05) is 0 Å². The van der Waals surface area contributed by atoms with Crippen LogP contribution in [-0.4, -0.2) is 25.7 Å². The van der Waals surface area contributed by atoms with Gasteiger partial charge in [0, 0.05) is 11.6 Å². The molecule has 0 bridgehead atoms. The van der Waals surface area contributed by atoms with Crippen LogP contribution in [-0.2, 0) is 0 Å². The molecule has 0 spiro atoms. The molecule has 0 aliphatic heterocycles. The van der Waals surface area contributed by atoms with Crippen LogP contribution in [0.3, 0.4) is 0 Å². The lowest BCUT2D eigenvalue weighted by atomic mass is 10.0. The van der Waals surface area contributed by atoms with Crippen LogP contribution < -0.4 is 5.73 Å². The first-order valence-corrected chi connectivity index (χ1v) is 6.04. The number of nitrogens with zero attached hydrogens (tertiary/aromatic N) is 3. The van der Waals surface area contributed by atoms with E-state index in [-0.39, 0.29) is 11.4 Å². The van der Waals surface area contributed by atoms with Crippen LogP contribution in [0.5, 0.6) is 0 Å². The van der Waals surface area contributed by atoms with Gasteiger partial charge in [0.05, 0.1) is 5.56 Å². The van der Waals surface area contributed by atoms with Crippen LogP contribution in [0.2, 0.25) is 0 Å². The predicted octanol–water partition coefficient (Wildman–Crippen LogP) is 1.67. The van der Waals surface area contributed by atoms with E-state index in [0.717, 1.165) is 18.5 Å². The maximum Gasteiger partial charge on any atom is 0.338 e. The summed E-state index contributed by atoms with van der Waals surface area (Å²) in [6.07, 6.45) is 5.89. The number of carbonyl (C=O) groups is 1. The van der Waals surface area contributed by atoms with Crippen molar-refractivity contribution in [2.75, 3.05) is 5.73 Å². The average molecular weight is 246 g/mol. The van der Waals surface area contributed by atoms with E-state index in [1.54, 1.807) is 10.6 Å². The molecule has 94 valence electrons. The topological polar surface area (TPSA) is 93.5 Å². The van der Waals surface area contributed by atoms with Gasteiger partial charge in [-0.25, -0.2) is 14.3 Å². The highest BCUT2D eigenvalue weighted by Gasteiger charge is 2.25. The fourth-order valence-electron chi connectivity index (χ4n) is 2.77. The van der Waals surface area contributed by atoms with E-state index >= 15 is 0 Å². The van der Waals surface area contributed by atoms with Gasteiger partial charge in [-0.15, -0.1) is 0 Å². The van der Waals surface area contributed by atoms with Crippen molar-refractivity contribution in [2.45, 2.75) is 31.6 Å².